The van der Waals surface area contributed by atoms with Gasteiger partial charge in [0.15, 0.2) is 5.54 Å². The summed E-state index contributed by atoms with van der Waals surface area (Å²) in [6.45, 7) is 0.0638. The number of hydrogen-bond acceptors (Lipinski definition) is 7. The first-order valence-corrected chi connectivity index (χ1v) is 9.93. The van der Waals surface area contributed by atoms with Crippen molar-refractivity contribution in [3.63, 3.8) is 0 Å². The molecular weight excluding hydrogens is 432 g/mol. The van der Waals surface area contributed by atoms with Crippen LogP contribution in [0.5, 0.6) is 5.75 Å². The van der Waals surface area contributed by atoms with Gasteiger partial charge in [0.05, 0.1) is 13.7 Å². The lowest BCUT2D eigenvalue weighted by atomic mass is 9.95. The number of ether oxygens (including phenoxy) is 1. The van der Waals surface area contributed by atoms with Crippen molar-refractivity contribution in [2.24, 2.45) is 0 Å². The fourth-order valence-corrected chi connectivity index (χ4v) is 4.20. The second-order valence-corrected chi connectivity index (χ2v) is 7.80. The van der Waals surface area contributed by atoms with Crippen LogP contribution in [0.4, 0.5) is 4.79 Å². The van der Waals surface area contributed by atoms with Crippen LogP contribution in [0.3, 0.4) is 0 Å². The molecule has 1 saturated heterocycles. The fourth-order valence-electron chi connectivity index (χ4n) is 4.20. The Morgan fingerprint density at radius 2 is 2.03 bits per heavy atom. The van der Waals surface area contributed by atoms with Gasteiger partial charge in [0.1, 0.15) is 17.1 Å². The maximum Gasteiger partial charge on any atom is 0.322 e. The summed E-state index contributed by atoms with van der Waals surface area (Å²) in [5, 5.41) is 14.2. The van der Waals surface area contributed by atoms with Gasteiger partial charge in [-0.3, -0.25) is 24.9 Å². The van der Waals surface area contributed by atoms with Crippen molar-refractivity contribution in [2.45, 2.75) is 12.1 Å². The van der Waals surface area contributed by atoms with E-state index in [1.165, 1.54) is 36.3 Å². The number of methoxy groups -OCH3 is 1. The molecule has 2 aromatic carbocycles. The zero-order valence-corrected chi connectivity index (χ0v) is 17.3. The van der Waals surface area contributed by atoms with Crippen LogP contribution < -0.4 is 20.9 Å². The SMILES string of the molecule is COc1ccc2c(c1)C(=O)N(C[C@@]1(c3cc4cc(C(=O)NO)ccc4o3)NC(=O)NC1=O)C2. The molecule has 0 saturated carbocycles. The number of fused-ring (bicyclic) bond motifs is 2. The van der Waals surface area contributed by atoms with Crippen molar-refractivity contribution >= 4 is 34.7 Å². The van der Waals surface area contributed by atoms with Crippen molar-refractivity contribution in [2.75, 3.05) is 13.7 Å². The zero-order chi connectivity index (χ0) is 23.3. The summed E-state index contributed by atoms with van der Waals surface area (Å²) in [5.41, 5.74) is 1.64. The van der Waals surface area contributed by atoms with Crippen molar-refractivity contribution < 1.29 is 33.5 Å². The summed E-state index contributed by atoms with van der Waals surface area (Å²) in [7, 11) is 1.50. The molecule has 0 aliphatic carbocycles. The van der Waals surface area contributed by atoms with E-state index in [9.17, 15) is 19.2 Å². The molecule has 1 aromatic heterocycles. The summed E-state index contributed by atoms with van der Waals surface area (Å²) >= 11 is 0. The maximum atomic E-state index is 13.1. The highest BCUT2D eigenvalue weighted by molar-refractivity contribution is 6.08. The second-order valence-electron chi connectivity index (χ2n) is 7.80. The molecule has 11 nitrogen and oxygen atoms in total. The van der Waals surface area contributed by atoms with Gasteiger partial charge in [-0.05, 0) is 42.0 Å². The van der Waals surface area contributed by atoms with E-state index in [1.807, 2.05) is 0 Å². The molecule has 168 valence electrons. The van der Waals surface area contributed by atoms with Crippen molar-refractivity contribution in [1.82, 2.24) is 21.0 Å². The first-order chi connectivity index (χ1) is 15.8. The van der Waals surface area contributed by atoms with Gasteiger partial charge < -0.3 is 19.4 Å². The molecule has 1 fully saturated rings. The summed E-state index contributed by atoms with van der Waals surface area (Å²) in [4.78, 5) is 51.3. The van der Waals surface area contributed by atoms with Gasteiger partial charge in [-0.1, -0.05) is 6.07 Å². The minimum atomic E-state index is -1.67. The lowest BCUT2D eigenvalue weighted by Gasteiger charge is -2.29. The first-order valence-electron chi connectivity index (χ1n) is 9.93. The number of rotatable bonds is 5. The van der Waals surface area contributed by atoms with E-state index < -0.39 is 23.4 Å². The molecule has 0 unspecified atom stereocenters. The number of hydrogen-bond donors (Lipinski definition) is 4. The Morgan fingerprint density at radius 3 is 2.73 bits per heavy atom. The average Bonchev–Trinajstić information content (AvgIpc) is 3.46. The van der Waals surface area contributed by atoms with Crippen LogP contribution in [0, 0.1) is 0 Å². The zero-order valence-electron chi connectivity index (χ0n) is 17.3. The highest BCUT2D eigenvalue weighted by atomic mass is 16.5. The minimum absolute atomic E-state index is 0.101. The summed E-state index contributed by atoms with van der Waals surface area (Å²) in [5.74, 6) is -1.05. The fraction of sp³-hybridized carbons (Fsp3) is 0.182. The number of nitrogens with zero attached hydrogens (tertiary/aromatic N) is 1. The molecule has 0 spiro atoms. The van der Waals surface area contributed by atoms with Gasteiger partial charge in [-0.2, -0.15) is 0 Å². The highest BCUT2D eigenvalue weighted by Crippen LogP contribution is 2.35. The van der Waals surface area contributed by atoms with E-state index in [-0.39, 0.29) is 30.3 Å². The monoisotopic (exact) mass is 450 g/mol. The first kappa shape index (κ1) is 20.5. The Labute approximate surface area is 186 Å². The Kier molecular flexibility index (Phi) is 4.57. The smallest absolute Gasteiger partial charge is 0.322 e. The third kappa shape index (κ3) is 3.17. The normalized spacial score (nSPS) is 19.5. The van der Waals surface area contributed by atoms with Crippen LogP contribution in [-0.2, 0) is 16.9 Å². The lowest BCUT2D eigenvalue weighted by molar-refractivity contribution is -0.125. The Bertz CT molecular complexity index is 1350. The molecule has 2 aliphatic rings. The predicted molar refractivity (Wildman–Crippen MR) is 112 cm³/mol. The quantitative estimate of drug-likeness (QED) is 0.260. The van der Waals surface area contributed by atoms with Crippen molar-refractivity contribution in [3.8, 4) is 5.75 Å². The number of hydroxylamine groups is 1. The molecule has 11 heteroatoms. The predicted octanol–water partition coefficient (Wildman–Crippen LogP) is 1.25. The third-order valence-electron chi connectivity index (χ3n) is 5.87. The number of furan rings is 1. The van der Waals surface area contributed by atoms with Crippen LogP contribution in [0.25, 0.3) is 11.0 Å². The van der Waals surface area contributed by atoms with Gasteiger partial charge in [-0.15, -0.1) is 0 Å². The summed E-state index contributed by atoms with van der Waals surface area (Å²) < 4.78 is 11.1. The number of imide groups is 1. The minimum Gasteiger partial charge on any atom is -0.497 e. The van der Waals surface area contributed by atoms with Crippen LogP contribution in [-0.4, -0.2) is 47.5 Å². The van der Waals surface area contributed by atoms with Crippen LogP contribution in [0.1, 0.15) is 32.0 Å². The van der Waals surface area contributed by atoms with E-state index in [2.05, 4.69) is 10.6 Å². The van der Waals surface area contributed by atoms with E-state index >= 15 is 0 Å². The second kappa shape index (κ2) is 7.35. The Morgan fingerprint density at radius 1 is 1.21 bits per heavy atom. The molecule has 1 atom stereocenters. The molecule has 2 aliphatic heterocycles. The van der Waals surface area contributed by atoms with Crippen molar-refractivity contribution in [3.05, 3.63) is 64.9 Å². The van der Waals surface area contributed by atoms with Gasteiger partial charge >= 0.3 is 6.03 Å². The number of benzene rings is 2. The molecule has 3 heterocycles. The van der Waals surface area contributed by atoms with Gasteiger partial charge in [0, 0.05) is 23.1 Å². The molecule has 0 bridgehead atoms. The molecule has 5 amide bonds. The number of carbonyl (C=O) groups excluding carboxylic acids is 4. The number of amides is 5. The molecule has 0 radical (unpaired) electrons. The van der Waals surface area contributed by atoms with Crippen LogP contribution in [0.15, 0.2) is 46.9 Å². The topological polar surface area (TPSA) is 150 Å². The summed E-state index contributed by atoms with van der Waals surface area (Å²) in [6.07, 6.45) is 0. The molecule has 4 N–H and O–H groups in total. The molecule has 5 rings (SSSR count). The third-order valence-corrected chi connectivity index (χ3v) is 5.87. The molecular formula is C22H18N4O7. The molecule has 3 aromatic rings. The van der Waals surface area contributed by atoms with E-state index in [1.54, 1.807) is 23.7 Å². The van der Waals surface area contributed by atoms with Gasteiger partial charge in [-0.25, -0.2) is 10.3 Å². The number of nitrogens with one attached hydrogen (secondary N) is 3. The Hall–Kier alpha value is -4.38. The van der Waals surface area contributed by atoms with E-state index in [0.717, 1.165) is 5.56 Å². The lowest BCUT2D eigenvalue weighted by Crippen LogP contribution is -2.52. The van der Waals surface area contributed by atoms with Gasteiger partial charge in [0.2, 0.25) is 0 Å². The van der Waals surface area contributed by atoms with Gasteiger partial charge in [0.25, 0.3) is 17.7 Å². The van der Waals surface area contributed by atoms with E-state index in [4.69, 9.17) is 14.4 Å². The number of urea groups is 1. The number of carbonyl (C=O) groups is 4. The standard InChI is InChI=1S/C22H18N4O7/c1-32-14-4-2-12-9-26(19(28)15(12)8-14)10-22(20(29)23-21(30)24-22)17-7-13-6-11(18(27)25-31)3-5-16(13)33-17/h2-8,31H,9-10H2,1H3,(H,25,27)(H2,23,24,29,30)/t22-/m0/s1. The summed E-state index contributed by atoms with van der Waals surface area (Å²) in [6, 6.07) is 10.4. The highest BCUT2D eigenvalue weighted by Gasteiger charge is 2.53. The van der Waals surface area contributed by atoms with Crippen molar-refractivity contribution in [1.29, 1.82) is 0 Å². The largest absolute Gasteiger partial charge is 0.497 e. The average molecular weight is 450 g/mol. The molecule has 33 heavy (non-hydrogen) atoms. The van der Waals surface area contributed by atoms with Crippen LogP contribution in [0.2, 0.25) is 0 Å². The van der Waals surface area contributed by atoms with E-state index in [0.29, 0.717) is 22.3 Å². The maximum absolute atomic E-state index is 13.1. The Balaban J connectivity index is 1.54. The van der Waals surface area contributed by atoms with Crippen LogP contribution >= 0.6 is 0 Å².